The zero-order chi connectivity index (χ0) is 27.6. The minimum atomic E-state index is -0.865. The summed E-state index contributed by atoms with van der Waals surface area (Å²) < 4.78 is 22.9. The van der Waals surface area contributed by atoms with Crippen LogP contribution >= 0.6 is 0 Å². The molecular weight excluding hydrogens is 486 g/mol. The molecule has 208 valence electrons. The Hall–Kier alpha value is -2.94. The number of benzene rings is 2. The summed E-state index contributed by atoms with van der Waals surface area (Å²) in [6, 6.07) is 16.5. The van der Waals surface area contributed by atoms with Gasteiger partial charge in [0.05, 0.1) is 37.4 Å². The van der Waals surface area contributed by atoms with Crippen molar-refractivity contribution in [3.8, 4) is 11.1 Å². The predicted octanol–water partition coefficient (Wildman–Crippen LogP) is 5.39. The van der Waals surface area contributed by atoms with Crippen molar-refractivity contribution in [2.45, 2.75) is 64.1 Å². The van der Waals surface area contributed by atoms with Crippen molar-refractivity contribution in [1.82, 2.24) is 5.32 Å². The average Bonchev–Trinajstić information content (AvgIpc) is 3.18. The fourth-order valence-corrected chi connectivity index (χ4v) is 4.43. The molecule has 0 saturated carbocycles. The van der Waals surface area contributed by atoms with E-state index in [1.54, 1.807) is 0 Å². The van der Waals surface area contributed by atoms with Gasteiger partial charge in [0, 0.05) is 19.1 Å². The third-order valence-corrected chi connectivity index (χ3v) is 6.71. The molecule has 1 aliphatic carbocycles. The fourth-order valence-electron chi connectivity index (χ4n) is 4.43. The summed E-state index contributed by atoms with van der Waals surface area (Å²) in [5.74, 6) is -0.833. The van der Waals surface area contributed by atoms with Gasteiger partial charge in [-0.15, -0.1) is 0 Å². The summed E-state index contributed by atoms with van der Waals surface area (Å²) in [5, 5.41) is 11.4. The standard InChI is InChI=1S/C30H41NO7/c1-29(2,14-18-35-17-13-27(32)33)37-19-15-30(3,4)38-20-16-31-28(34)36-21-26-24-11-7-5-9-22(24)23-10-6-8-12-25(23)26/h5-12,26H,13-21H2,1-4H3,(H,31,34)(H,32,33). The molecule has 0 spiro atoms. The maximum atomic E-state index is 12.3. The van der Waals surface area contributed by atoms with Gasteiger partial charge in [-0.1, -0.05) is 48.5 Å². The maximum Gasteiger partial charge on any atom is 0.407 e. The van der Waals surface area contributed by atoms with Crippen molar-refractivity contribution in [3.63, 3.8) is 0 Å². The van der Waals surface area contributed by atoms with Crippen molar-refractivity contribution >= 4 is 12.1 Å². The normalized spacial score (nSPS) is 13.2. The van der Waals surface area contributed by atoms with Gasteiger partial charge in [-0.25, -0.2) is 4.79 Å². The maximum absolute atomic E-state index is 12.3. The second-order valence-corrected chi connectivity index (χ2v) is 10.7. The largest absolute Gasteiger partial charge is 0.481 e. The molecule has 0 saturated heterocycles. The number of hydrogen-bond acceptors (Lipinski definition) is 6. The number of rotatable bonds is 16. The molecule has 2 aromatic carbocycles. The van der Waals surface area contributed by atoms with Gasteiger partial charge >= 0.3 is 12.1 Å². The molecule has 0 fully saturated rings. The third-order valence-electron chi connectivity index (χ3n) is 6.71. The number of nitrogens with one attached hydrogen (secondary N) is 1. The first-order valence-electron chi connectivity index (χ1n) is 13.2. The summed E-state index contributed by atoms with van der Waals surface area (Å²) in [7, 11) is 0. The van der Waals surface area contributed by atoms with Crippen LogP contribution in [0.4, 0.5) is 4.79 Å². The summed E-state index contributed by atoms with van der Waals surface area (Å²) in [4.78, 5) is 22.9. The number of hydrogen-bond donors (Lipinski definition) is 2. The molecular formula is C30H41NO7. The van der Waals surface area contributed by atoms with E-state index in [0.717, 1.165) is 0 Å². The summed E-state index contributed by atoms with van der Waals surface area (Å²) in [6.07, 6.45) is 0.895. The predicted molar refractivity (Wildman–Crippen MR) is 145 cm³/mol. The monoisotopic (exact) mass is 527 g/mol. The Labute approximate surface area is 225 Å². The Balaban J connectivity index is 1.31. The number of carbonyl (C=O) groups is 2. The van der Waals surface area contributed by atoms with Crippen LogP contribution in [0.25, 0.3) is 11.1 Å². The molecule has 1 aliphatic rings. The molecule has 0 heterocycles. The van der Waals surface area contributed by atoms with Gasteiger partial charge < -0.3 is 29.4 Å². The topological polar surface area (TPSA) is 103 Å². The lowest BCUT2D eigenvalue weighted by atomic mass is 9.98. The Morgan fingerprint density at radius 1 is 0.816 bits per heavy atom. The molecule has 2 aromatic rings. The first-order chi connectivity index (χ1) is 18.1. The van der Waals surface area contributed by atoms with E-state index in [1.165, 1.54) is 22.3 Å². The van der Waals surface area contributed by atoms with E-state index >= 15 is 0 Å². The van der Waals surface area contributed by atoms with Gasteiger partial charge in [-0.05, 0) is 62.8 Å². The number of carboxylic acids is 1. The lowest BCUT2D eigenvalue weighted by Gasteiger charge is -2.29. The highest BCUT2D eigenvalue weighted by Crippen LogP contribution is 2.44. The van der Waals surface area contributed by atoms with E-state index in [2.05, 4.69) is 29.6 Å². The van der Waals surface area contributed by atoms with Crippen LogP contribution in [0.15, 0.2) is 48.5 Å². The van der Waals surface area contributed by atoms with Crippen LogP contribution in [-0.2, 0) is 23.7 Å². The van der Waals surface area contributed by atoms with E-state index in [1.807, 2.05) is 52.0 Å². The van der Waals surface area contributed by atoms with Gasteiger partial charge in [0.2, 0.25) is 0 Å². The van der Waals surface area contributed by atoms with Crippen LogP contribution < -0.4 is 5.32 Å². The zero-order valence-corrected chi connectivity index (χ0v) is 23.0. The second kappa shape index (κ2) is 13.7. The molecule has 0 bridgehead atoms. The van der Waals surface area contributed by atoms with Gasteiger partial charge in [0.15, 0.2) is 0 Å². The number of carboxylic acid groups (broad SMARTS) is 1. The number of fused-ring (bicyclic) bond motifs is 3. The van der Waals surface area contributed by atoms with Crippen LogP contribution in [0.3, 0.4) is 0 Å². The first-order valence-corrected chi connectivity index (χ1v) is 13.2. The van der Waals surface area contributed by atoms with Crippen molar-refractivity contribution in [1.29, 1.82) is 0 Å². The van der Waals surface area contributed by atoms with E-state index in [-0.39, 0.29) is 31.2 Å². The Morgan fingerprint density at radius 3 is 1.97 bits per heavy atom. The highest BCUT2D eigenvalue weighted by atomic mass is 16.6. The lowest BCUT2D eigenvalue weighted by molar-refractivity contribution is -0.138. The average molecular weight is 528 g/mol. The van der Waals surface area contributed by atoms with Crippen LogP contribution in [-0.4, -0.2) is 68.0 Å². The third kappa shape index (κ3) is 9.11. The van der Waals surface area contributed by atoms with Crippen LogP contribution in [0, 0.1) is 0 Å². The summed E-state index contributed by atoms with van der Waals surface area (Å²) in [6.45, 7) is 10.1. The quantitative estimate of drug-likeness (QED) is 0.282. The fraction of sp³-hybridized carbons (Fsp3) is 0.533. The molecule has 2 N–H and O–H groups in total. The molecule has 8 heteroatoms. The molecule has 1 amide bonds. The van der Waals surface area contributed by atoms with Gasteiger partial charge in [0.1, 0.15) is 6.61 Å². The number of amides is 1. The van der Waals surface area contributed by atoms with Crippen molar-refractivity contribution in [2.24, 2.45) is 0 Å². The van der Waals surface area contributed by atoms with Crippen molar-refractivity contribution in [3.05, 3.63) is 59.7 Å². The highest BCUT2D eigenvalue weighted by molar-refractivity contribution is 5.79. The Bertz CT molecular complexity index is 1020. The molecule has 0 aromatic heterocycles. The SMILES string of the molecule is CC(C)(CCOCCC(=O)O)OCCC(C)(C)OCCNC(=O)OCC1c2ccccc2-c2ccccc21. The zero-order valence-electron chi connectivity index (χ0n) is 23.0. The Kier molecular flexibility index (Phi) is 10.7. The number of alkyl carbamates (subject to hydrolysis) is 1. The van der Waals surface area contributed by atoms with Crippen LogP contribution in [0.2, 0.25) is 0 Å². The van der Waals surface area contributed by atoms with Crippen LogP contribution in [0.1, 0.15) is 64.0 Å². The highest BCUT2D eigenvalue weighted by Gasteiger charge is 2.29. The van der Waals surface area contributed by atoms with E-state index < -0.39 is 17.7 Å². The molecule has 3 rings (SSSR count). The minimum absolute atomic E-state index is 0.00294. The number of carbonyl (C=O) groups excluding carboxylic acids is 1. The van der Waals surface area contributed by atoms with E-state index in [4.69, 9.17) is 24.1 Å². The van der Waals surface area contributed by atoms with Crippen LogP contribution in [0.5, 0.6) is 0 Å². The van der Waals surface area contributed by atoms with Gasteiger partial charge in [-0.3, -0.25) is 4.79 Å². The number of ether oxygens (including phenoxy) is 4. The van der Waals surface area contributed by atoms with Crippen molar-refractivity contribution in [2.75, 3.05) is 39.6 Å². The Morgan fingerprint density at radius 2 is 1.37 bits per heavy atom. The lowest BCUT2D eigenvalue weighted by Crippen LogP contribution is -2.35. The molecule has 0 unspecified atom stereocenters. The molecule has 0 radical (unpaired) electrons. The van der Waals surface area contributed by atoms with E-state index in [0.29, 0.717) is 39.2 Å². The van der Waals surface area contributed by atoms with Crippen molar-refractivity contribution < 1.29 is 33.6 Å². The molecule has 38 heavy (non-hydrogen) atoms. The molecule has 0 atom stereocenters. The van der Waals surface area contributed by atoms with E-state index in [9.17, 15) is 9.59 Å². The molecule has 8 nitrogen and oxygen atoms in total. The minimum Gasteiger partial charge on any atom is -0.481 e. The summed E-state index contributed by atoms with van der Waals surface area (Å²) >= 11 is 0. The van der Waals surface area contributed by atoms with Gasteiger partial charge in [0.25, 0.3) is 0 Å². The molecule has 0 aliphatic heterocycles. The van der Waals surface area contributed by atoms with Gasteiger partial charge in [-0.2, -0.15) is 0 Å². The smallest absolute Gasteiger partial charge is 0.407 e. The number of aliphatic carboxylic acids is 1. The first kappa shape index (κ1) is 29.6. The second-order valence-electron chi connectivity index (χ2n) is 10.7. The summed E-state index contributed by atoms with van der Waals surface area (Å²) in [5.41, 5.74) is 3.96.